The second-order valence-corrected chi connectivity index (χ2v) is 13.2. The smallest absolute Gasteiger partial charge is 0.360 e. The Kier molecular flexibility index (Phi) is 10.3. The number of hydrogen-bond donors (Lipinski definition) is 0. The number of rotatable bonds is 6. The molecule has 11 heteroatoms. The van der Waals surface area contributed by atoms with Gasteiger partial charge in [0.1, 0.15) is 11.4 Å². The molecule has 2 amide bonds. The molecule has 3 fully saturated rings. The van der Waals surface area contributed by atoms with E-state index in [9.17, 15) is 15.1 Å². The van der Waals surface area contributed by atoms with Gasteiger partial charge >= 0.3 is 11.0 Å². The van der Waals surface area contributed by atoms with E-state index in [0.717, 1.165) is 5.56 Å². The lowest BCUT2D eigenvalue weighted by molar-refractivity contribution is -0.144. The van der Waals surface area contributed by atoms with E-state index in [0.29, 0.717) is 37.4 Å². The highest BCUT2D eigenvalue weighted by Gasteiger charge is 2.56. The monoisotopic (exact) mass is 644 g/mol. The number of carbonyl (C=O) groups excluding carboxylic acids is 2. The van der Waals surface area contributed by atoms with Gasteiger partial charge in [0.15, 0.2) is 17.8 Å². The zero-order valence-corrected chi connectivity index (χ0v) is 27.6. The van der Waals surface area contributed by atoms with E-state index >= 15 is 0 Å². The Hall–Kier alpha value is -3.99. The standard InChI is InChI=1S/C20H21N3O4S.C15H19NO2/c1-20(2)23(16(14-25-20)13-15-9-5-3-6-10-15)19(24)18(22-21)28-27-26-17-11-7-4-8-12-17;1-10-13(11-7-5-4-6-8-11)12-9-18-15(2,3)16(12)14(10)17/h3-12,16H,13-14H2,1-2H3;4-8,10,12-13H,9H2,1-3H3/t16-;10-,12+,13+/m00/s1. The summed E-state index contributed by atoms with van der Waals surface area (Å²) in [6.07, 6.45) is 0.626. The van der Waals surface area contributed by atoms with E-state index in [1.807, 2.05) is 80.3 Å². The minimum Gasteiger partial charge on any atom is -0.360 e. The van der Waals surface area contributed by atoms with Crippen molar-refractivity contribution in [2.75, 3.05) is 13.2 Å². The van der Waals surface area contributed by atoms with E-state index < -0.39 is 17.4 Å². The molecule has 3 aliphatic heterocycles. The molecule has 3 saturated heterocycles. The number of benzene rings is 3. The molecule has 3 aliphatic rings. The Morgan fingerprint density at radius 1 is 0.913 bits per heavy atom. The van der Waals surface area contributed by atoms with Gasteiger partial charge in [-0.05, 0) is 57.4 Å². The summed E-state index contributed by atoms with van der Waals surface area (Å²) in [6, 6.07) is 29.0. The fourth-order valence-electron chi connectivity index (χ4n) is 6.51. The first-order valence-corrected chi connectivity index (χ1v) is 16.1. The first kappa shape index (κ1) is 33.4. The number of amides is 2. The number of para-hydroxylation sites is 1. The van der Waals surface area contributed by atoms with E-state index in [4.69, 9.17) is 18.7 Å². The molecule has 6 rings (SSSR count). The Balaban J connectivity index is 0.000000198. The van der Waals surface area contributed by atoms with Crippen LogP contribution in [0.3, 0.4) is 0 Å². The van der Waals surface area contributed by atoms with Crippen molar-refractivity contribution < 1.29 is 33.1 Å². The SMILES string of the molecule is CC1(C)OC[C@H](Cc2ccccc2)N1C(=O)C(=[N+]=[N-])SOOc1ccccc1.C[C@@H]1C(=O)N2[C@H](COC2(C)C)[C@H]1c1ccccc1. The van der Waals surface area contributed by atoms with Crippen molar-refractivity contribution in [3.05, 3.63) is 108 Å². The third kappa shape index (κ3) is 7.19. The van der Waals surface area contributed by atoms with Crippen LogP contribution >= 0.6 is 12.0 Å². The maximum Gasteiger partial charge on any atom is 0.444 e. The van der Waals surface area contributed by atoms with Crippen molar-refractivity contribution in [3.63, 3.8) is 0 Å². The van der Waals surface area contributed by atoms with Gasteiger partial charge in [-0.1, -0.05) is 85.8 Å². The van der Waals surface area contributed by atoms with Crippen LogP contribution in [0, 0.1) is 5.92 Å². The van der Waals surface area contributed by atoms with Crippen LogP contribution < -0.4 is 4.89 Å². The zero-order chi connectivity index (χ0) is 32.9. The van der Waals surface area contributed by atoms with E-state index in [2.05, 4.69) is 16.9 Å². The van der Waals surface area contributed by atoms with Gasteiger partial charge < -0.3 is 24.8 Å². The van der Waals surface area contributed by atoms with Crippen molar-refractivity contribution in [1.29, 1.82) is 0 Å². The van der Waals surface area contributed by atoms with Crippen LogP contribution in [0.15, 0.2) is 91.0 Å². The minimum absolute atomic E-state index is 0.0422. The molecule has 10 nitrogen and oxygen atoms in total. The highest BCUT2D eigenvalue weighted by molar-refractivity contribution is 8.11. The molecule has 0 radical (unpaired) electrons. The van der Waals surface area contributed by atoms with E-state index in [1.54, 1.807) is 43.0 Å². The molecular formula is C35H40N4O6S. The van der Waals surface area contributed by atoms with Crippen LogP contribution in [-0.4, -0.2) is 68.2 Å². The third-order valence-electron chi connectivity index (χ3n) is 8.65. The van der Waals surface area contributed by atoms with Gasteiger partial charge in [0.25, 0.3) is 0 Å². The average Bonchev–Trinajstić information content (AvgIpc) is 3.63. The van der Waals surface area contributed by atoms with Gasteiger partial charge in [-0.15, -0.1) is 4.33 Å². The highest BCUT2D eigenvalue weighted by atomic mass is 32.2. The third-order valence-corrected chi connectivity index (χ3v) is 9.20. The minimum atomic E-state index is -0.840. The number of fused-ring (bicyclic) bond motifs is 1. The Bertz CT molecular complexity index is 1550. The topological polar surface area (TPSA) is 114 Å². The van der Waals surface area contributed by atoms with Gasteiger partial charge in [0, 0.05) is 11.8 Å². The lowest BCUT2D eigenvalue weighted by Crippen LogP contribution is -2.51. The molecule has 0 aromatic heterocycles. The first-order chi connectivity index (χ1) is 22.0. The zero-order valence-electron chi connectivity index (χ0n) is 26.7. The van der Waals surface area contributed by atoms with Crippen LogP contribution in [0.5, 0.6) is 5.75 Å². The number of ether oxygens (including phenoxy) is 2. The summed E-state index contributed by atoms with van der Waals surface area (Å²) in [5.74, 6) is 0.483. The summed E-state index contributed by atoms with van der Waals surface area (Å²) in [5.41, 5.74) is 10.4. The normalized spacial score (nSPS) is 24.1. The van der Waals surface area contributed by atoms with Crippen LogP contribution in [0.1, 0.15) is 51.7 Å². The van der Waals surface area contributed by atoms with Crippen LogP contribution in [0.4, 0.5) is 0 Å². The Morgan fingerprint density at radius 2 is 1.50 bits per heavy atom. The molecule has 0 saturated carbocycles. The van der Waals surface area contributed by atoms with Crippen molar-refractivity contribution in [2.45, 2.75) is 70.5 Å². The molecule has 3 heterocycles. The predicted molar refractivity (Wildman–Crippen MR) is 174 cm³/mol. The molecule has 0 N–H and O–H groups in total. The summed E-state index contributed by atoms with van der Waals surface area (Å²) in [6.45, 7) is 10.6. The second kappa shape index (κ2) is 14.2. The van der Waals surface area contributed by atoms with Crippen molar-refractivity contribution in [3.8, 4) is 5.75 Å². The summed E-state index contributed by atoms with van der Waals surface area (Å²) < 4.78 is 16.6. The van der Waals surface area contributed by atoms with Gasteiger partial charge in [-0.2, -0.15) is 4.79 Å². The van der Waals surface area contributed by atoms with Crippen LogP contribution in [-0.2, 0) is 29.8 Å². The predicted octanol–water partition coefficient (Wildman–Crippen LogP) is 5.86. The quantitative estimate of drug-likeness (QED) is 0.0628. The molecule has 0 spiro atoms. The van der Waals surface area contributed by atoms with Crippen molar-refractivity contribution in [1.82, 2.24) is 9.80 Å². The highest BCUT2D eigenvalue weighted by Crippen LogP contribution is 2.46. The Labute approximate surface area is 274 Å². The molecule has 46 heavy (non-hydrogen) atoms. The second-order valence-electron chi connectivity index (χ2n) is 12.5. The number of hydrogen-bond acceptors (Lipinski definition) is 7. The lowest BCUT2D eigenvalue weighted by atomic mass is 9.85. The first-order valence-electron chi connectivity index (χ1n) is 15.4. The van der Waals surface area contributed by atoms with Gasteiger partial charge in [0.05, 0.1) is 25.3 Å². The Morgan fingerprint density at radius 3 is 2.13 bits per heavy atom. The van der Waals surface area contributed by atoms with E-state index in [1.165, 1.54) is 5.56 Å². The largest absolute Gasteiger partial charge is 0.444 e. The summed E-state index contributed by atoms with van der Waals surface area (Å²) in [7, 11) is 0. The van der Waals surface area contributed by atoms with Gasteiger partial charge in [-0.3, -0.25) is 14.5 Å². The summed E-state index contributed by atoms with van der Waals surface area (Å²) >= 11 is 0.551. The number of nitrogens with zero attached hydrogens (tertiary/aromatic N) is 4. The molecule has 3 aromatic rings. The van der Waals surface area contributed by atoms with Gasteiger partial charge in [0.2, 0.25) is 5.91 Å². The molecule has 4 atom stereocenters. The number of carbonyl (C=O) groups is 2. The van der Waals surface area contributed by atoms with Crippen molar-refractivity contribution >= 4 is 28.9 Å². The fourth-order valence-corrected chi connectivity index (χ4v) is 6.89. The summed E-state index contributed by atoms with van der Waals surface area (Å²) in [4.78, 5) is 37.2. The van der Waals surface area contributed by atoms with Crippen molar-refractivity contribution in [2.24, 2.45) is 5.92 Å². The van der Waals surface area contributed by atoms with Crippen LogP contribution in [0.2, 0.25) is 0 Å². The molecule has 0 aliphatic carbocycles. The lowest BCUT2D eigenvalue weighted by Gasteiger charge is -2.32. The van der Waals surface area contributed by atoms with E-state index in [-0.39, 0.29) is 34.9 Å². The van der Waals surface area contributed by atoms with Gasteiger partial charge in [-0.25, -0.2) is 0 Å². The fraction of sp³-hybridized carbons (Fsp3) is 0.400. The maximum atomic E-state index is 13.0. The molecule has 0 unspecified atom stereocenters. The molecule has 242 valence electrons. The average molecular weight is 645 g/mol. The molecule has 0 bridgehead atoms. The maximum absolute atomic E-state index is 13.0. The molecule has 3 aromatic carbocycles. The van der Waals surface area contributed by atoms with Crippen LogP contribution in [0.25, 0.3) is 5.53 Å². The molecular weight excluding hydrogens is 604 g/mol. The summed E-state index contributed by atoms with van der Waals surface area (Å²) in [5, 5.41) is -0.243.